The van der Waals surface area contributed by atoms with E-state index < -0.39 is 0 Å². The highest BCUT2D eigenvalue weighted by Crippen LogP contribution is 2.25. The molecule has 0 spiro atoms. The second kappa shape index (κ2) is 7.13. The van der Waals surface area contributed by atoms with Gasteiger partial charge in [0.2, 0.25) is 5.88 Å². The van der Waals surface area contributed by atoms with Crippen molar-refractivity contribution in [2.45, 2.75) is 6.61 Å². The second-order valence-electron chi connectivity index (χ2n) is 4.80. The zero-order valence-corrected chi connectivity index (χ0v) is 13.3. The van der Waals surface area contributed by atoms with Crippen LogP contribution in [0.3, 0.4) is 0 Å². The van der Waals surface area contributed by atoms with Crippen LogP contribution in [0.2, 0.25) is 10.0 Å². The number of morpholine rings is 1. The molecule has 5 nitrogen and oxygen atoms in total. The van der Waals surface area contributed by atoms with Crippen molar-refractivity contribution < 1.29 is 9.47 Å². The van der Waals surface area contributed by atoms with Gasteiger partial charge in [0.1, 0.15) is 12.4 Å². The van der Waals surface area contributed by atoms with Crippen molar-refractivity contribution in [1.82, 2.24) is 9.97 Å². The number of nitrogens with zero attached hydrogens (tertiary/aromatic N) is 3. The quantitative estimate of drug-likeness (QED) is 0.855. The monoisotopic (exact) mass is 339 g/mol. The van der Waals surface area contributed by atoms with E-state index in [1.165, 1.54) is 0 Å². The van der Waals surface area contributed by atoms with Crippen molar-refractivity contribution in [2.24, 2.45) is 0 Å². The van der Waals surface area contributed by atoms with Gasteiger partial charge in [-0.05, 0) is 12.1 Å². The molecular weight excluding hydrogens is 325 g/mol. The fourth-order valence-corrected chi connectivity index (χ4v) is 2.66. The Morgan fingerprint density at radius 3 is 2.45 bits per heavy atom. The van der Waals surface area contributed by atoms with Gasteiger partial charge in [0.15, 0.2) is 0 Å². The first-order chi connectivity index (χ1) is 10.7. The first kappa shape index (κ1) is 15.3. The summed E-state index contributed by atoms with van der Waals surface area (Å²) < 4.78 is 10.9. The Labute approximate surface area is 138 Å². The molecular formula is C15H15Cl2N3O2. The number of anilines is 1. The first-order valence-electron chi connectivity index (χ1n) is 6.94. The molecule has 1 saturated heterocycles. The fourth-order valence-electron chi connectivity index (χ4n) is 2.16. The standard InChI is InChI=1S/C15H15Cl2N3O2/c16-12-2-1-3-13(17)11(12)10-22-15-9-18-14(8-19-15)20-4-6-21-7-5-20/h1-3,8-9H,4-7,10H2. The summed E-state index contributed by atoms with van der Waals surface area (Å²) in [5, 5.41) is 1.15. The van der Waals surface area contributed by atoms with Crippen molar-refractivity contribution in [3.05, 3.63) is 46.2 Å². The number of ether oxygens (including phenoxy) is 2. The molecule has 0 bridgehead atoms. The minimum absolute atomic E-state index is 0.254. The Bertz CT molecular complexity index is 611. The summed E-state index contributed by atoms with van der Waals surface area (Å²) in [5.74, 6) is 1.26. The topological polar surface area (TPSA) is 47.5 Å². The smallest absolute Gasteiger partial charge is 0.232 e. The lowest BCUT2D eigenvalue weighted by Gasteiger charge is -2.27. The van der Waals surface area contributed by atoms with Crippen LogP contribution in [-0.2, 0) is 11.3 Å². The zero-order chi connectivity index (χ0) is 15.4. The molecule has 0 atom stereocenters. The third-order valence-corrected chi connectivity index (χ3v) is 4.08. The number of halogens is 2. The summed E-state index contributed by atoms with van der Waals surface area (Å²) in [7, 11) is 0. The summed E-state index contributed by atoms with van der Waals surface area (Å²) in [5.41, 5.74) is 0.741. The Morgan fingerprint density at radius 1 is 1.09 bits per heavy atom. The molecule has 1 fully saturated rings. The third kappa shape index (κ3) is 3.61. The van der Waals surface area contributed by atoms with E-state index in [4.69, 9.17) is 32.7 Å². The highest BCUT2D eigenvalue weighted by molar-refractivity contribution is 6.35. The summed E-state index contributed by atoms with van der Waals surface area (Å²) >= 11 is 12.2. The number of hydrogen-bond acceptors (Lipinski definition) is 5. The van der Waals surface area contributed by atoms with E-state index in [1.54, 1.807) is 30.6 Å². The van der Waals surface area contributed by atoms with Gasteiger partial charge < -0.3 is 14.4 Å². The normalized spacial score (nSPS) is 14.9. The average Bonchev–Trinajstić information content (AvgIpc) is 2.56. The van der Waals surface area contributed by atoms with Gasteiger partial charge in [-0.1, -0.05) is 29.3 Å². The lowest BCUT2D eigenvalue weighted by Crippen LogP contribution is -2.36. The molecule has 2 aromatic rings. The fraction of sp³-hybridized carbons (Fsp3) is 0.333. The molecule has 2 heterocycles. The predicted octanol–water partition coefficient (Wildman–Crippen LogP) is 3.20. The Hall–Kier alpha value is -1.56. The van der Waals surface area contributed by atoms with Crippen LogP contribution in [0.15, 0.2) is 30.6 Å². The highest BCUT2D eigenvalue weighted by Gasteiger charge is 2.13. The van der Waals surface area contributed by atoms with Gasteiger partial charge >= 0.3 is 0 Å². The van der Waals surface area contributed by atoms with Crippen molar-refractivity contribution >= 4 is 29.0 Å². The third-order valence-electron chi connectivity index (χ3n) is 3.38. The summed E-state index contributed by atoms with van der Waals surface area (Å²) in [6, 6.07) is 5.35. The lowest BCUT2D eigenvalue weighted by molar-refractivity contribution is 0.122. The predicted molar refractivity (Wildman–Crippen MR) is 85.9 cm³/mol. The van der Waals surface area contributed by atoms with Crippen LogP contribution in [-0.4, -0.2) is 36.3 Å². The lowest BCUT2D eigenvalue weighted by atomic mass is 10.2. The van der Waals surface area contributed by atoms with E-state index in [0.717, 1.165) is 24.5 Å². The van der Waals surface area contributed by atoms with Crippen LogP contribution < -0.4 is 9.64 Å². The van der Waals surface area contributed by atoms with Crippen LogP contribution in [0.5, 0.6) is 5.88 Å². The molecule has 0 N–H and O–H groups in total. The molecule has 7 heteroatoms. The van der Waals surface area contributed by atoms with Crippen molar-refractivity contribution in [3.63, 3.8) is 0 Å². The van der Waals surface area contributed by atoms with Crippen LogP contribution in [0, 0.1) is 0 Å². The molecule has 1 aromatic carbocycles. The molecule has 0 aliphatic carbocycles. The zero-order valence-electron chi connectivity index (χ0n) is 11.8. The highest BCUT2D eigenvalue weighted by atomic mass is 35.5. The van der Waals surface area contributed by atoms with E-state index in [9.17, 15) is 0 Å². The first-order valence-corrected chi connectivity index (χ1v) is 7.70. The maximum absolute atomic E-state index is 6.10. The maximum atomic E-state index is 6.10. The van der Waals surface area contributed by atoms with E-state index in [-0.39, 0.29) is 6.61 Å². The molecule has 0 radical (unpaired) electrons. The maximum Gasteiger partial charge on any atom is 0.232 e. The number of hydrogen-bond donors (Lipinski definition) is 0. The van der Waals surface area contributed by atoms with Gasteiger partial charge in [-0.2, -0.15) is 0 Å². The van der Waals surface area contributed by atoms with Crippen LogP contribution in [0.1, 0.15) is 5.56 Å². The molecule has 116 valence electrons. The number of rotatable bonds is 4. The van der Waals surface area contributed by atoms with Crippen LogP contribution in [0.4, 0.5) is 5.82 Å². The van der Waals surface area contributed by atoms with E-state index in [2.05, 4.69) is 14.9 Å². The summed E-state index contributed by atoms with van der Waals surface area (Å²) in [6.07, 6.45) is 3.31. The number of aromatic nitrogens is 2. The largest absolute Gasteiger partial charge is 0.472 e. The SMILES string of the molecule is Clc1cccc(Cl)c1COc1cnc(N2CCOCC2)cn1. The van der Waals surface area contributed by atoms with E-state index >= 15 is 0 Å². The van der Waals surface area contributed by atoms with E-state index in [0.29, 0.717) is 29.1 Å². The summed E-state index contributed by atoms with van der Waals surface area (Å²) in [4.78, 5) is 10.8. The van der Waals surface area contributed by atoms with Gasteiger partial charge in [-0.3, -0.25) is 0 Å². The van der Waals surface area contributed by atoms with Gasteiger partial charge in [-0.25, -0.2) is 9.97 Å². The molecule has 22 heavy (non-hydrogen) atoms. The average molecular weight is 340 g/mol. The second-order valence-corrected chi connectivity index (χ2v) is 5.62. The minimum atomic E-state index is 0.254. The molecule has 1 aromatic heterocycles. The molecule has 0 amide bonds. The minimum Gasteiger partial charge on any atom is -0.472 e. The van der Waals surface area contributed by atoms with Crippen LogP contribution in [0.25, 0.3) is 0 Å². The van der Waals surface area contributed by atoms with Gasteiger partial charge in [0.05, 0.1) is 25.6 Å². The molecule has 0 saturated carbocycles. The van der Waals surface area contributed by atoms with Gasteiger partial charge in [0.25, 0.3) is 0 Å². The Morgan fingerprint density at radius 2 is 1.82 bits per heavy atom. The molecule has 1 aliphatic rings. The van der Waals surface area contributed by atoms with E-state index in [1.807, 2.05) is 0 Å². The summed E-state index contributed by atoms with van der Waals surface area (Å²) in [6.45, 7) is 3.33. The Kier molecular flexibility index (Phi) is 4.97. The van der Waals surface area contributed by atoms with Gasteiger partial charge in [-0.15, -0.1) is 0 Å². The Balaban J connectivity index is 1.64. The van der Waals surface area contributed by atoms with Crippen molar-refractivity contribution in [2.75, 3.05) is 31.2 Å². The molecule has 3 rings (SSSR count). The van der Waals surface area contributed by atoms with Crippen molar-refractivity contribution in [3.8, 4) is 5.88 Å². The van der Waals surface area contributed by atoms with Crippen molar-refractivity contribution in [1.29, 1.82) is 0 Å². The van der Waals surface area contributed by atoms with Crippen LogP contribution >= 0.6 is 23.2 Å². The molecule has 1 aliphatic heterocycles. The van der Waals surface area contributed by atoms with Gasteiger partial charge in [0, 0.05) is 28.7 Å². The molecule has 0 unspecified atom stereocenters. The number of benzene rings is 1.